The van der Waals surface area contributed by atoms with E-state index in [2.05, 4.69) is 4.90 Å². The predicted molar refractivity (Wildman–Crippen MR) is 82.1 cm³/mol. The molecule has 0 aliphatic carbocycles. The van der Waals surface area contributed by atoms with Crippen LogP contribution in [0.25, 0.3) is 0 Å². The van der Waals surface area contributed by atoms with Crippen molar-refractivity contribution < 1.29 is 14.3 Å². The lowest BCUT2D eigenvalue weighted by Gasteiger charge is -2.17. The van der Waals surface area contributed by atoms with E-state index < -0.39 is 0 Å². The van der Waals surface area contributed by atoms with Crippen LogP contribution < -0.4 is 4.74 Å². The average Bonchev–Trinajstić information content (AvgIpc) is 2.85. The smallest absolute Gasteiger partial charge is 0.124 e. The molecule has 0 atom stereocenters. The van der Waals surface area contributed by atoms with E-state index in [1.807, 2.05) is 51.2 Å². The Kier molecular flexibility index (Phi) is 5.42. The molecule has 114 valence electrons. The van der Waals surface area contributed by atoms with Gasteiger partial charge in [0.2, 0.25) is 0 Å². The van der Waals surface area contributed by atoms with Crippen LogP contribution in [0.4, 0.5) is 0 Å². The maximum Gasteiger partial charge on any atom is 0.124 e. The number of benzene rings is 1. The van der Waals surface area contributed by atoms with Gasteiger partial charge in [-0.3, -0.25) is 4.90 Å². The molecule has 0 amide bonds. The molecule has 2 rings (SSSR count). The van der Waals surface area contributed by atoms with Crippen LogP contribution in [0, 0.1) is 6.92 Å². The van der Waals surface area contributed by atoms with Gasteiger partial charge in [-0.25, -0.2) is 0 Å². The maximum atomic E-state index is 9.43. The second kappa shape index (κ2) is 7.29. The highest BCUT2D eigenvalue weighted by Gasteiger charge is 2.08. The Balaban J connectivity index is 2.01. The van der Waals surface area contributed by atoms with E-state index in [4.69, 9.17) is 9.15 Å². The minimum Gasteiger partial charge on any atom is -0.494 e. The van der Waals surface area contributed by atoms with Crippen LogP contribution in [0.1, 0.15) is 29.6 Å². The Hall–Kier alpha value is -1.78. The first-order chi connectivity index (χ1) is 10.1. The van der Waals surface area contributed by atoms with Crippen LogP contribution in [0.3, 0.4) is 0 Å². The molecule has 0 saturated carbocycles. The number of hydrogen-bond donors (Lipinski definition) is 1. The number of furan rings is 1. The van der Waals surface area contributed by atoms with Gasteiger partial charge in [0.1, 0.15) is 17.3 Å². The first kappa shape index (κ1) is 15.6. The van der Waals surface area contributed by atoms with Gasteiger partial charge in [-0.2, -0.15) is 0 Å². The van der Waals surface area contributed by atoms with E-state index in [9.17, 15) is 5.11 Å². The van der Waals surface area contributed by atoms with Crippen molar-refractivity contribution in [1.29, 1.82) is 0 Å². The minimum atomic E-state index is -0.00966. The van der Waals surface area contributed by atoms with Gasteiger partial charge in [0, 0.05) is 12.1 Å². The Labute approximate surface area is 126 Å². The van der Waals surface area contributed by atoms with Crippen molar-refractivity contribution in [2.24, 2.45) is 0 Å². The van der Waals surface area contributed by atoms with Crippen molar-refractivity contribution in [2.75, 3.05) is 13.7 Å². The summed E-state index contributed by atoms with van der Waals surface area (Å²) in [4.78, 5) is 2.18. The largest absolute Gasteiger partial charge is 0.494 e. The zero-order valence-electron chi connectivity index (χ0n) is 12.9. The van der Waals surface area contributed by atoms with Crippen LogP contribution in [0.5, 0.6) is 5.75 Å². The van der Waals surface area contributed by atoms with Crippen molar-refractivity contribution in [1.82, 2.24) is 4.90 Å². The standard InChI is InChI=1S/C17H23NO3/c1-4-20-17-8-6-14(9-15(17)12-19)10-18(3)11-16-7-5-13(2)21-16/h5-9,19H,4,10-12H2,1-3H3. The molecule has 4 heteroatoms. The lowest BCUT2D eigenvalue weighted by molar-refractivity contribution is 0.265. The van der Waals surface area contributed by atoms with Crippen LogP contribution in [0.2, 0.25) is 0 Å². The summed E-state index contributed by atoms with van der Waals surface area (Å²) in [6.45, 7) is 6.03. The summed E-state index contributed by atoms with van der Waals surface area (Å²) < 4.78 is 11.1. The number of ether oxygens (including phenoxy) is 1. The highest BCUT2D eigenvalue weighted by molar-refractivity contribution is 5.36. The average molecular weight is 289 g/mol. The van der Waals surface area contributed by atoms with Crippen molar-refractivity contribution in [3.63, 3.8) is 0 Å². The first-order valence-electron chi connectivity index (χ1n) is 7.21. The number of aryl methyl sites for hydroxylation is 1. The fourth-order valence-electron chi connectivity index (χ4n) is 2.35. The Morgan fingerprint density at radius 1 is 1.19 bits per heavy atom. The van der Waals surface area contributed by atoms with E-state index in [0.29, 0.717) is 6.61 Å². The fraction of sp³-hybridized carbons (Fsp3) is 0.412. The van der Waals surface area contributed by atoms with E-state index in [1.165, 1.54) is 0 Å². The summed E-state index contributed by atoms with van der Waals surface area (Å²) >= 11 is 0. The van der Waals surface area contributed by atoms with Gasteiger partial charge < -0.3 is 14.3 Å². The first-order valence-corrected chi connectivity index (χ1v) is 7.21. The molecule has 1 N–H and O–H groups in total. The van der Waals surface area contributed by atoms with Crippen LogP contribution >= 0.6 is 0 Å². The van der Waals surface area contributed by atoms with Gasteiger partial charge in [-0.05, 0) is 50.7 Å². The van der Waals surface area contributed by atoms with E-state index in [1.54, 1.807) is 0 Å². The van der Waals surface area contributed by atoms with Gasteiger partial charge in [0.05, 0.1) is 19.8 Å². The van der Waals surface area contributed by atoms with Crippen molar-refractivity contribution in [3.8, 4) is 5.75 Å². The predicted octanol–water partition coefficient (Wildman–Crippen LogP) is 3.11. The van der Waals surface area contributed by atoms with Crippen molar-refractivity contribution in [2.45, 2.75) is 33.5 Å². The molecule has 0 fully saturated rings. The molecule has 0 radical (unpaired) electrons. The summed E-state index contributed by atoms with van der Waals surface area (Å²) in [6, 6.07) is 9.94. The van der Waals surface area contributed by atoms with Crippen molar-refractivity contribution >= 4 is 0 Å². The molecule has 0 saturated heterocycles. The molecular weight excluding hydrogens is 266 g/mol. The van der Waals surface area contributed by atoms with Gasteiger partial charge >= 0.3 is 0 Å². The summed E-state index contributed by atoms with van der Waals surface area (Å²) in [5, 5.41) is 9.43. The molecule has 0 bridgehead atoms. The van der Waals surface area contributed by atoms with Crippen LogP contribution in [-0.2, 0) is 19.7 Å². The fourth-order valence-corrected chi connectivity index (χ4v) is 2.35. The lowest BCUT2D eigenvalue weighted by atomic mass is 10.1. The third-order valence-corrected chi connectivity index (χ3v) is 3.27. The molecule has 1 aromatic carbocycles. The number of rotatable bonds is 7. The lowest BCUT2D eigenvalue weighted by Crippen LogP contribution is -2.17. The number of aliphatic hydroxyl groups is 1. The maximum absolute atomic E-state index is 9.43. The summed E-state index contributed by atoms with van der Waals surface area (Å²) in [7, 11) is 2.05. The van der Waals surface area contributed by atoms with Gasteiger partial charge in [0.25, 0.3) is 0 Å². The Bertz CT molecular complexity index is 577. The Morgan fingerprint density at radius 2 is 2.00 bits per heavy atom. The molecule has 21 heavy (non-hydrogen) atoms. The number of hydrogen-bond acceptors (Lipinski definition) is 4. The van der Waals surface area contributed by atoms with Gasteiger partial charge in [-0.1, -0.05) is 6.07 Å². The zero-order valence-corrected chi connectivity index (χ0v) is 12.9. The van der Waals surface area contributed by atoms with E-state index in [-0.39, 0.29) is 6.61 Å². The SMILES string of the molecule is CCOc1ccc(CN(C)Cc2ccc(C)o2)cc1CO. The molecule has 0 spiro atoms. The zero-order chi connectivity index (χ0) is 15.2. The monoisotopic (exact) mass is 289 g/mol. The molecule has 1 aromatic heterocycles. The van der Waals surface area contributed by atoms with Crippen molar-refractivity contribution in [3.05, 3.63) is 53.0 Å². The second-order valence-electron chi connectivity index (χ2n) is 5.22. The second-order valence-corrected chi connectivity index (χ2v) is 5.22. The molecule has 2 aromatic rings. The molecule has 0 aliphatic rings. The topological polar surface area (TPSA) is 45.8 Å². The summed E-state index contributed by atoms with van der Waals surface area (Å²) in [6.07, 6.45) is 0. The van der Waals surface area contributed by atoms with Gasteiger partial charge in [0.15, 0.2) is 0 Å². The number of nitrogens with zero attached hydrogens (tertiary/aromatic N) is 1. The third kappa shape index (κ3) is 4.34. The van der Waals surface area contributed by atoms with E-state index >= 15 is 0 Å². The van der Waals surface area contributed by atoms with Crippen LogP contribution in [-0.4, -0.2) is 23.7 Å². The Morgan fingerprint density at radius 3 is 2.62 bits per heavy atom. The molecule has 1 heterocycles. The molecule has 4 nitrogen and oxygen atoms in total. The third-order valence-electron chi connectivity index (χ3n) is 3.27. The normalized spacial score (nSPS) is 11.1. The summed E-state index contributed by atoms with van der Waals surface area (Å²) in [5.74, 6) is 2.65. The highest BCUT2D eigenvalue weighted by Crippen LogP contribution is 2.21. The molecular formula is C17H23NO3. The van der Waals surface area contributed by atoms with E-state index in [0.717, 1.165) is 41.5 Å². The van der Waals surface area contributed by atoms with Crippen LogP contribution in [0.15, 0.2) is 34.7 Å². The number of aliphatic hydroxyl groups excluding tert-OH is 1. The van der Waals surface area contributed by atoms with Gasteiger partial charge in [-0.15, -0.1) is 0 Å². The minimum absolute atomic E-state index is 0.00966. The molecule has 0 aliphatic heterocycles. The molecule has 0 unspecified atom stereocenters. The summed E-state index contributed by atoms with van der Waals surface area (Å²) in [5.41, 5.74) is 1.98. The quantitative estimate of drug-likeness (QED) is 0.850. The highest BCUT2D eigenvalue weighted by atomic mass is 16.5.